The summed E-state index contributed by atoms with van der Waals surface area (Å²) >= 11 is 0. The van der Waals surface area contributed by atoms with Crippen molar-refractivity contribution in [2.45, 2.75) is 33.2 Å². The number of piperidine rings is 1. The zero-order chi connectivity index (χ0) is 14.0. The van der Waals surface area contributed by atoms with Gasteiger partial charge in [-0.15, -0.1) is 0 Å². The molecule has 0 aliphatic carbocycles. The Kier molecular flexibility index (Phi) is 4.09. The van der Waals surface area contributed by atoms with E-state index >= 15 is 0 Å². The molecule has 0 saturated carbocycles. The lowest BCUT2D eigenvalue weighted by Gasteiger charge is -2.42. The van der Waals surface area contributed by atoms with E-state index in [1.54, 1.807) is 7.11 Å². The summed E-state index contributed by atoms with van der Waals surface area (Å²) in [6, 6.07) is 0.422. The van der Waals surface area contributed by atoms with Gasteiger partial charge in [-0.25, -0.2) is 15.8 Å². The molecule has 2 rings (SSSR count). The molecule has 1 aliphatic heterocycles. The van der Waals surface area contributed by atoms with Crippen molar-refractivity contribution in [3.63, 3.8) is 0 Å². The molecule has 0 radical (unpaired) electrons. The van der Waals surface area contributed by atoms with Crippen molar-refractivity contribution >= 4 is 11.6 Å². The number of aromatic nitrogens is 2. The van der Waals surface area contributed by atoms with E-state index in [0.717, 1.165) is 12.4 Å². The minimum Gasteiger partial charge on any atom is -0.490 e. The number of methoxy groups -OCH3 is 1. The Hall–Kier alpha value is -1.56. The summed E-state index contributed by atoms with van der Waals surface area (Å²) in [6.07, 6.45) is 2.76. The molecular formula is C13H23N5O. The highest BCUT2D eigenvalue weighted by Gasteiger charge is 2.32. The van der Waals surface area contributed by atoms with E-state index in [2.05, 4.69) is 41.1 Å². The third-order valence-corrected chi connectivity index (χ3v) is 4.00. The highest BCUT2D eigenvalue weighted by Crippen LogP contribution is 2.37. The van der Waals surface area contributed by atoms with E-state index in [0.29, 0.717) is 29.4 Å². The first-order valence-corrected chi connectivity index (χ1v) is 6.70. The molecule has 2 heterocycles. The van der Waals surface area contributed by atoms with Gasteiger partial charge in [0.15, 0.2) is 11.6 Å². The Morgan fingerprint density at radius 1 is 1.37 bits per heavy atom. The summed E-state index contributed by atoms with van der Waals surface area (Å²) in [7, 11) is 1.62. The van der Waals surface area contributed by atoms with E-state index in [4.69, 9.17) is 10.6 Å². The van der Waals surface area contributed by atoms with Crippen molar-refractivity contribution in [1.82, 2.24) is 9.97 Å². The van der Waals surface area contributed by atoms with Crippen LogP contribution >= 0.6 is 0 Å². The molecule has 19 heavy (non-hydrogen) atoms. The lowest BCUT2D eigenvalue weighted by atomic mass is 9.86. The van der Waals surface area contributed by atoms with Crippen molar-refractivity contribution in [3.8, 4) is 5.75 Å². The summed E-state index contributed by atoms with van der Waals surface area (Å²) in [5, 5.41) is 0. The van der Waals surface area contributed by atoms with Crippen LogP contribution in [0.5, 0.6) is 5.75 Å². The molecule has 6 heteroatoms. The van der Waals surface area contributed by atoms with Crippen molar-refractivity contribution in [3.05, 3.63) is 6.33 Å². The largest absolute Gasteiger partial charge is 0.490 e. The highest BCUT2D eigenvalue weighted by molar-refractivity contribution is 5.64. The fourth-order valence-corrected chi connectivity index (χ4v) is 2.85. The van der Waals surface area contributed by atoms with Gasteiger partial charge < -0.3 is 15.1 Å². The predicted octanol–water partition coefficient (Wildman–Crippen LogP) is 1.64. The van der Waals surface area contributed by atoms with E-state index in [-0.39, 0.29) is 0 Å². The standard InChI is InChI=1S/C13H23N5O/c1-8-5-9(2)10(3)18(6-8)13-11(19-4)12(17-14)15-7-16-13/h7-10H,5-6,14H2,1-4H3,(H,15,16,17). The van der Waals surface area contributed by atoms with E-state index in [1.807, 2.05) is 0 Å². The van der Waals surface area contributed by atoms with Gasteiger partial charge in [0.1, 0.15) is 6.33 Å². The van der Waals surface area contributed by atoms with Gasteiger partial charge in [-0.3, -0.25) is 0 Å². The SMILES string of the molecule is COc1c(NN)ncnc1N1CC(C)CC(C)C1C. The molecule has 106 valence electrons. The van der Waals surface area contributed by atoms with E-state index < -0.39 is 0 Å². The van der Waals surface area contributed by atoms with Crippen LogP contribution in [0, 0.1) is 11.8 Å². The van der Waals surface area contributed by atoms with Crippen LogP contribution in [0.4, 0.5) is 11.6 Å². The van der Waals surface area contributed by atoms with Crippen molar-refractivity contribution in [1.29, 1.82) is 0 Å². The second kappa shape index (κ2) is 5.61. The summed E-state index contributed by atoms with van der Waals surface area (Å²) in [6.45, 7) is 7.75. The normalized spacial score (nSPS) is 27.2. The predicted molar refractivity (Wildman–Crippen MR) is 76.1 cm³/mol. The molecule has 1 fully saturated rings. The number of hydrogen-bond donors (Lipinski definition) is 2. The van der Waals surface area contributed by atoms with Crippen LogP contribution in [-0.4, -0.2) is 29.7 Å². The summed E-state index contributed by atoms with van der Waals surface area (Å²) in [5.41, 5.74) is 2.56. The number of hydrogen-bond acceptors (Lipinski definition) is 6. The Balaban J connectivity index is 2.39. The number of rotatable bonds is 3. The number of ether oxygens (including phenoxy) is 1. The maximum atomic E-state index is 5.48. The van der Waals surface area contributed by atoms with Crippen LogP contribution in [0.1, 0.15) is 27.2 Å². The first-order valence-electron chi connectivity index (χ1n) is 6.70. The number of nitrogen functional groups attached to an aromatic ring is 1. The van der Waals surface area contributed by atoms with Gasteiger partial charge in [0.05, 0.1) is 7.11 Å². The van der Waals surface area contributed by atoms with Crippen LogP contribution in [0.25, 0.3) is 0 Å². The molecule has 1 aromatic rings. The molecule has 6 nitrogen and oxygen atoms in total. The smallest absolute Gasteiger partial charge is 0.205 e. The summed E-state index contributed by atoms with van der Waals surface area (Å²) < 4.78 is 5.43. The zero-order valence-corrected chi connectivity index (χ0v) is 12.1. The molecule has 0 amide bonds. The van der Waals surface area contributed by atoms with E-state index in [9.17, 15) is 0 Å². The van der Waals surface area contributed by atoms with Crippen molar-refractivity contribution < 1.29 is 4.74 Å². The third kappa shape index (κ3) is 2.58. The fraction of sp³-hybridized carbons (Fsp3) is 0.692. The lowest BCUT2D eigenvalue weighted by molar-refractivity contribution is 0.292. The van der Waals surface area contributed by atoms with Gasteiger partial charge in [0.25, 0.3) is 0 Å². The number of anilines is 2. The number of hydrazine groups is 1. The fourth-order valence-electron chi connectivity index (χ4n) is 2.85. The van der Waals surface area contributed by atoms with Crippen LogP contribution in [0.3, 0.4) is 0 Å². The topological polar surface area (TPSA) is 76.3 Å². The maximum absolute atomic E-state index is 5.48. The quantitative estimate of drug-likeness (QED) is 0.639. The second-order valence-electron chi connectivity index (χ2n) is 5.43. The molecule has 3 unspecified atom stereocenters. The van der Waals surface area contributed by atoms with Crippen molar-refractivity contribution in [2.24, 2.45) is 17.7 Å². The summed E-state index contributed by atoms with van der Waals surface area (Å²) in [5.74, 6) is 8.68. The molecule has 0 bridgehead atoms. The Labute approximate surface area is 114 Å². The molecular weight excluding hydrogens is 242 g/mol. The average molecular weight is 265 g/mol. The Morgan fingerprint density at radius 3 is 2.74 bits per heavy atom. The molecule has 0 spiro atoms. The molecule has 1 aliphatic rings. The monoisotopic (exact) mass is 265 g/mol. The Morgan fingerprint density at radius 2 is 2.11 bits per heavy atom. The van der Waals surface area contributed by atoms with Gasteiger partial charge in [-0.2, -0.15) is 0 Å². The average Bonchev–Trinajstić information content (AvgIpc) is 2.41. The number of nitrogens with one attached hydrogen (secondary N) is 1. The summed E-state index contributed by atoms with van der Waals surface area (Å²) in [4.78, 5) is 10.8. The van der Waals surface area contributed by atoms with Gasteiger partial charge in [-0.1, -0.05) is 13.8 Å². The molecule has 3 N–H and O–H groups in total. The molecule has 1 aromatic heterocycles. The lowest BCUT2D eigenvalue weighted by Crippen LogP contribution is -2.46. The zero-order valence-electron chi connectivity index (χ0n) is 12.1. The van der Waals surface area contributed by atoms with Gasteiger partial charge in [-0.05, 0) is 25.2 Å². The third-order valence-electron chi connectivity index (χ3n) is 4.00. The number of nitrogens with two attached hydrogens (primary N) is 1. The van der Waals surface area contributed by atoms with Crippen LogP contribution in [0.2, 0.25) is 0 Å². The Bertz CT molecular complexity index is 439. The van der Waals surface area contributed by atoms with Crippen LogP contribution in [0.15, 0.2) is 6.33 Å². The van der Waals surface area contributed by atoms with Crippen LogP contribution in [-0.2, 0) is 0 Å². The van der Waals surface area contributed by atoms with Gasteiger partial charge in [0, 0.05) is 12.6 Å². The maximum Gasteiger partial charge on any atom is 0.205 e. The molecule has 1 saturated heterocycles. The molecule has 3 atom stereocenters. The molecule has 0 aromatic carbocycles. The minimum atomic E-state index is 0.422. The highest BCUT2D eigenvalue weighted by atomic mass is 16.5. The first-order chi connectivity index (χ1) is 9.08. The van der Waals surface area contributed by atoms with Gasteiger partial charge in [0.2, 0.25) is 5.75 Å². The minimum absolute atomic E-state index is 0.422. The van der Waals surface area contributed by atoms with Crippen LogP contribution < -0.4 is 20.9 Å². The van der Waals surface area contributed by atoms with E-state index in [1.165, 1.54) is 12.7 Å². The van der Waals surface area contributed by atoms with Gasteiger partial charge >= 0.3 is 0 Å². The number of nitrogens with zero attached hydrogens (tertiary/aromatic N) is 3. The van der Waals surface area contributed by atoms with Crippen molar-refractivity contribution in [2.75, 3.05) is 24.0 Å². The first kappa shape index (κ1) is 13.9. The second-order valence-corrected chi connectivity index (χ2v) is 5.43.